The summed E-state index contributed by atoms with van der Waals surface area (Å²) in [5.41, 5.74) is 1.77. The minimum Gasteiger partial charge on any atom is -0.494 e. The van der Waals surface area contributed by atoms with E-state index in [-0.39, 0.29) is 5.56 Å². The molecule has 0 aliphatic carbocycles. The number of nitrogens with zero attached hydrogens (tertiary/aromatic N) is 2. The molecule has 0 atom stereocenters. The van der Waals surface area contributed by atoms with Crippen LogP contribution in [-0.2, 0) is 7.05 Å². The van der Waals surface area contributed by atoms with Gasteiger partial charge < -0.3 is 9.30 Å². The maximum absolute atomic E-state index is 12.6. The van der Waals surface area contributed by atoms with Gasteiger partial charge in [-0.1, -0.05) is 13.8 Å². The lowest BCUT2D eigenvalue weighted by Gasteiger charge is -2.12. The highest BCUT2D eigenvalue weighted by Crippen LogP contribution is 2.26. The zero-order valence-corrected chi connectivity index (χ0v) is 14.8. The van der Waals surface area contributed by atoms with Gasteiger partial charge in [0.25, 0.3) is 5.56 Å². The standard InChI is InChI=1S/C20H24N2O2/c1-13(2)6-5-9-24-15-7-8-16-17-10-14(3)21-12-18(17)20(23)22(4)19(16)11-15/h7-8,10-13H,5-6,9H2,1-4H3. The Morgan fingerprint density at radius 3 is 2.71 bits per heavy atom. The second-order valence-electron chi connectivity index (χ2n) is 6.80. The van der Waals surface area contributed by atoms with Crippen molar-refractivity contribution in [1.82, 2.24) is 9.55 Å². The molecule has 0 saturated carbocycles. The summed E-state index contributed by atoms with van der Waals surface area (Å²) in [4.78, 5) is 16.8. The van der Waals surface area contributed by atoms with E-state index in [1.807, 2.05) is 31.2 Å². The molecule has 4 heteroatoms. The van der Waals surface area contributed by atoms with Crippen LogP contribution in [-0.4, -0.2) is 16.2 Å². The summed E-state index contributed by atoms with van der Waals surface area (Å²) < 4.78 is 7.54. The van der Waals surface area contributed by atoms with Gasteiger partial charge in [0.1, 0.15) is 5.75 Å². The third kappa shape index (κ3) is 3.14. The number of rotatable bonds is 5. The molecule has 0 fully saturated rings. The van der Waals surface area contributed by atoms with Crippen LogP contribution < -0.4 is 10.3 Å². The second-order valence-corrected chi connectivity index (χ2v) is 6.80. The van der Waals surface area contributed by atoms with Crippen LogP contribution in [0.15, 0.2) is 35.3 Å². The van der Waals surface area contributed by atoms with Crippen LogP contribution in [0.25, 0.3) is 21.7 Å². The van der Waals surface area contributed by atoms with Gasteiger partial charge in [-0.25, -0.2) is 0 Å². The topological polar surface area (TPSA) is 44.1 Å². The molecular weight excluding hydrogens is 300 g/mol. The Labute approximate surface area is 142 Å². The highest BCUT2D eigenvalue weighted by molar-refractivity contribution is 6.05. The molecule has 2 heterocycles. The first kappa shape index (κ1) is 16.5. The lowest BCUT2D eigenvalue weighted by Crippen LogP contribution is -2.17. The van der Waals surface area contributed by atoms with Gasteiger partial charge in [-0.2, -0.15) is 0 Å². The fourth-order valence-corrected chi connectivity index (χ4v) is 3.03. The van der Waals surface area contributed by atoms with E-state index in [1.54, 1.807) is 17.8 Å². The van der Waals surface area contributed by atoms with Crippen LogP contribution in [0.5, 0.6) is 5.75 Å². The molecule has 0 spiro atoms. The van der Waals surface area contributed by atoms with Crippen LogP contribution in [0.3, 0.4) is 0 Å². The Morgan fingerprint density at radius 2 is 1.96 bits per heavy atom. The Morgan fingerprint density at radius 1 is 1.17 bits per heavy atom. The lowest BCUT2D eigenvalue weighted by atomic mass is 10.1. The van der Waals surface area contributed by atoms with E-state index in [0.717, 1.165) is 40.6 Å². The minimum absolute atomic E-state index is 0.0260. The highest BCUT2D eigenvalue weighted by atomic mass is 16.5. The molecule has 0 unspecified atom stereocenters. The van der Waals surface area contributed by atoms with Crippen molar-refractivity contribution in [2.45, 2.75) is 33.6 Å². The van der Waals surface area contributed by atoms with E-state index < -0.39 is 0 Å². The molecule has 0 radical (unpaired) electrons. The van der Waals surface area contributed by atoms with Crippen molar-refractivity contribution in [3.63, 3.8) is 0 Å². The fourth-order valence-electron chi connectivity index (χ4n) is 3.03. The lowest BCUT2D eigenvalue weighted by molar-refractivity contribution is 0.298. The number of hydrogen-bond acceptors (Lipinski definition) is 3. The summed E-state index contributed by atoms with van der Waals surface area (Å²) in [7, 11) is 1.80. The van der Waals surface area contributed by atoms with Crippen molar-refractivity contribution in [3.05, 3.63) is 46.5 Å². The Kier molecular flexibility index (Phi) is 4.56. The molecule has 126 valence electrons. The van der Waals surface area contributed by atoms with Crippen molar-refractivity contribution < 1.29 is 4.74 Å². The van der Waals surface area contributed by atoms with Crippen LogP contribution in [0.4, 0.5) is 0 Å². The van der Waals surface area contributed by atoms with Crippen molar-refractivity contribution in [2.24, 2.45) is 13.0 Å². The number of fused-ring (bicyclic) bond motifs is 3. The van der Waals surface area contributed by atoms with Crippen molar-refractivity contribution in [2.75, 3.05) is 6.61 Å². The van der Waals surface area contributed by atoms with E-state index in [1.165, 1.54) is 0 Å². The zero-order valence-electron chi connectivity index (χ0n) is 14.8. The molecule has 4 nitrogen and oxygen atoms in total. The third-order valence-corrected chi connectivity index (χ3v) is 4.39. The first-order chi connectivity index (χ1) is 11.5. The highest BCUT2D eigenvalue weighted by Gasteiger charge is 2.10. The number of aryl methyl sites for hydroxylation is 2. The molecule has 2 aromatic heterocycles. The molecule has 24 heavy (non-hydrogen) atoms. The van der Waals surface area contributed by atoms with Gasteiger partial charge in [0.15, 0.2) is 0 Å². The van der Waals surface area contributed by atoms with Crippen LogP contribution in [0.2, 0.25) is 0 Å². The quantitative estimate of drug-likeness (QED) is 0.521. The van der Waals surface area contributed by atoms with E-state index in [0.29, 0.717) is 17.9 Å². The summed E-state index contributed by atoms with van der Waals surface area (Å²) in [6.45, 7) is 7.07. The van der Waals surface area contributed by atoms with Gasteiger partial charge >= 0.3 is 0 Å². The predicted molar refractivity (Wildman–Crippen MR) is 98.8 cm³/mol. The smallest absolute Gasteiger partial charge is 0.260 e. The minimum atomic E-state index is -0.0260. The SMILES string of the molecule is Cc1cc2c(cn1)c(=O)n(C)c1cc(OCCCC(C)C)ccc21. The number of benzene rings is 1. The monoisotopic (exact) mass is 324 g/mol. The van der Waals surface area contributed by atoms with E-state index in [9.17, 15) is 4.79 Å². The van der Waals surface area contributed by atoms with Crippen LogP contribution >= 0.6 is 0 Å². The van der Waals surface area contributed by atoms with Gasteiger partial charge in [-0.15, -0.1) is 0 Å². The average molecular weight is 324 g/mol. The molecule has 0 aliphatic rings. The van der Waals surface area contributed by atoms with E-state index in [4.69, 9.17) is 4.74 Å². The van der Waals surface area contributed by atoms with Gasteiger partial charge in [-0.05, 0) is 49.3 Å². The maximum atomic E-state index is 12.6. The summed E-state index contributed by atoms with van der Waals surface area (Å²) in [6, 6.07) is 7.95. The number of ether oxygens (including phenoxy) is 1. The first-order valence-corrected chi connectivity index (χ1v) is 8.49. The number of hydrogen-bond donors (Lipinski definition) is 0. The normalized spacial score (nSPS) is 11.5. The molecule has 0 bridgehead atoms. The summed E-state index contributed by atoms with van der Waals surface area (Å²) >= 11 is 0. The number of aromatic nitrogens is 2. The largest absolute Gasteiger partial charge is 0.494 e. The fraction of sp³-hybridized carbons (Fsp3) is 0.400. The van der Waals surface area contributed by atoms with Gasteiger partial charge in [0.2, 0.25) is 0 Å². The predicted octanol–water partition coefficient (Wildman–Crippen LogP) is 4.21. The molecule has 3 aromatic rings. The molecule has 0 amide bonds. The molecule has 0 N–H and O–H groups in total. The summed E-state index contributed by atoms with van der Waals surface area (Å²) in [5, 5.41) is 2.65. The third-order valence-electron chi connectivity index (χ3n) is 4.39. The van der Waals surface area contributed by atoms with Crippen LogP contribution in [0.1, 0.15) is 32.4 Å². The van der Waals surface area contributed by atoms with Gasteiger partial charge in [0, 0.05) is 30.4 Å². The molecular formula is C20H24N2O2. The maximum Gasteiger partial charge on any atom is 0.260 e. The second kappa shape index (κ2) is 6.63. The molecule has 0 saturated heterocycles. The molecule has 3 rings (SSSR count). The van der Waals surface area contributed by atoms with Gasteiger partial charge in [0.05, 0.1) is 17.5 Å². The summed E-state index contributed by atoms with van der Waals surface area (Å²) in [6.07, 6.45) is 3.86. The first-order valence-electron chi connectivity index (χ1n) is 8.49. The summed E-state index contributed by atoms with van der Waals surface area (Å²) in [5.74, 6) is 1.50. The molecule has 0 aliphatic heterocycles. The average Bonchev–Trinajstić information content (AvgIpc) is 2.56. The number of pyridine rings is 2. The Hall–Kier alpha value is -2.36. The Bertz CT molecular complexity index is 942. The van der Waals surface area contributed by atoms with E-state index in [2.05, 4.69) is 18.8 Å². The molecule has 1 aromatic carbocycles. The van der Waals surface area contributed by atoms with Gasteiger partial charge in [-0.3, -0.25) is 9.78 Å². The van der Waals surface area contributed by atoms with Crippen molar-refractivity contribution >= 4 is 21.7 Å². The van der Waals surface area contributed by atoms with E-state index >= 15 is 0 Å². The Balaban J connectivity index is 2.02. The van der Waals surface area contributed by atoms with Crippen LogP contribution in [0, 0.1) is 12.8 Å². The van der Waals surface area contributed by atoms with Crippen molar-refractivity contribution in [3.8, 4) is 5.75 Å². The zero-order chi connectivity index (χ0) is 17.3. The van der Waals surface area contributed by atoms with Crippen molar-refractivity contribution in [1.29, 1.82) is 0 Å².